The Hall–Kier alpha value is 0.790. The van der Waals surface area contributed by atoms with Gasteiger partial charge in [0.05, 0.1) is 0 Å². The summed E-state index contributed by atoms with van der Waals surface area (Å²) in [6.45, 7) is 4.57. The van der Waals surface area contributed by atoms with E-state index in [1.54, 1.807) is 0 Å². The lowest BCUT2D eigenvalue weighted by Gasteiger charge is -2.27. The van der Waals surface area contributed by atoms with E-state index in [2.05, 4.69) is 13.8 Å². The van der Waals surface area contributed by atoms with Gasteiger partial charge in [0.1, 0.15) is 3.53 Å². The second-order valence-corrected chi connectivity index (χ2v) is 8.74. The van der Waals surface area contributed by atoms with Gasteiger partial charge in [-0.3, -0.25) is 0 Å². The molecule has 1 unspecified atom stereocenters. The zero-order chi connectivity index (χ0) is 12.6. The first-order valence-electron chi connectivity index (χ1n) is 7.08. The van der Waals surface area contributed by atoms with Gasteiger partial charge in [0.2, 0.25) is 0 Å². The second kappa shape index (κ2) is 8.82. The number of rotatable bonds is 9. The fraction of sp³-hybridized carbons (Fsp3) is 0.929. The van der Waals surface area contributed by atoms with E-state index >= 15 is 0 Å². The summed E-state index contributed by atoms with van der Waals surface area (Å²) in [6, 6.07) is 0. The average molecular weight is 291 g/mol. The minimum Gasteiger partial charge on any atom is -0.106 e. The van der Waals surface area contributed by atoms with Crippen LogP contribution in [0, 0.1) is 0 Å². The fourth-order valence-corrected chi connectivity index (χ4v) is 5.95. The van der Waals surface area contributed by atoms with Crippen LogP contribution in [0.3, 0.4) is 0 Å². The molecule has 0 radical (unpaired) electrons. The summed E-state index contributed by atoms with van der Waals surface area (Å²) in [7, 11) is 0. The van der Waals surface area contributed by atoms with Gasteiger partial charge in [0, 0.05) is 10.5 Å². The lowest BCUT2D eigenvalue weighted by molar-refractivity contribution is 0.486. The Morgan fingerprint density at radius 2 is 1.59 bits per heavy atom. The largest absolute Gasteiger partial charge is 0.106 e. The van der Waals surface area contributed by atoms with E-state index < -0.39 is 0 Å². The summed E-state index contributed by atoms with van der Waals surface area (Å²) in [5.41, 5.74) is 0. The highest BCUT2D eigenvalue weighted by atomic mass is 32.2. The summed E-state index contributed by atoms with van der Waals surface area (Å²) in [4.78, 5) is 0. The van der Waals surface area contributed by atoms with Crippen molar-refractivity contribution in [3.63, 3.8) is 0 Å². The molecule has 0 aromatic heterocycles. The van der Waals surface area contributed by atoms with E-state index in [0.29, 0.717) is 4.75 Å². The molecule has 1 aliphatic heterocycles. The number of hydrogen-bond acceptors (Lipinski definition) is 3. The maximum Gasteiger partial charge on any atom is 0.104 e. The van der Waals surface area contributed by atoms with E-state index in [4.69, 9.17) is 12.2 Å². The van der Waals surface area contributed by atoms with Gasteiger partial charge in [-0.1, -0.05) is 71.0 Å². The van der Waals surface area contributed by atoms with Crippen LogP contribution in [0.15, 0.2) is 0 Å². The van der Waals surface area contributed by atoms with Crippen molar-refractivity contribution in [3.05, 3.63) is 0 Å². The average Bonchev–Trinajstić information content (AvgIpc) is 2.68. The van der Waals surface area contributed by atoms with Crippen molar-refractivity contribution in [2.24, 2.45) is 0 Å². The molecular formula is C14H26S3. The first-order valence-corrected chi connectivity index (χ1v) is 9.29. The molecule has 0 spiro atoms. The molecule has 0 aromatic carbocycles. The van der Waals surface area contributed by atoms with Crippen LogP contribution in [0.25, 0.3) is 0 Å². The standard InChI is InChI=1S/C14H26S3/c1-3-5-7-9-11-14(10-8-6-4-2)12-16-13(15)17-14/h3-12H2,1-2H3. The van der Waals surface area contributed by atoms with Crippen molar-refractivity contribution < 1.29 is 0 Å². The SMILES string of the molecule is CCCCCCC1(CCCCC)CSC(=S)S1. The summed E-state index contributed by atoms with van der Waals surface area (Å²) in [5.74, 6) is 1.27. The molecule has 1 heterocycles. The van der Waals surface area contributed by atoms with E-state index in [1.165, 1.54) is 67.1 Å². The molecule has 0 amide bonds. The minimum atomic E-state index is 0.505. The Morgan fingerprint density at radius 1 is 1.00 bits per heavy atom. The predicted molar refractivity (Wildman–Crippen MR) is 88.3 cm³/mol. The molecule has 100 valence electrons. The van der Waals surface area contributed by atoms with Gasteiger partial charge >= 0.3 is 0 Å². The highest BCUT2D eigenvalue weighted by Crippen LogP contribution is 2.48. The van der Waals surface area contributed by atoms with Crippen LogP contribution in [0.5, 0.6) is 0 Å². The third kappa shape index (κ3) is 5.98. The number of hydrogen-bond donors (Lipinski definition) is 0. The van der Waals surface area contributed by atoms with Crippen molar-refractivity contribution in [1.82, 2.24) is 0 Å². The third-order valence-corrected chi connectivity index (χ3v) is 6.95. The zero-order valence-electron chi connectivity index (χ0n) is 11.3. The van der Waals surface area contributed by atoms with Crippen molar-refractivity contribution in [2.75, 3.05) is 5.75 Å². The number of unbranched alkanes of at least 4 members (excludes halogenated alkanes) is 5. The van der Waals surface area contributed by atoms with Crippen molar-refractivity contribution >= 4 is 39.3 Å². The van der Waals surface area contributed by atoms with Gasteiger partial charge in [-0.05, 0) is 12.8 Å². The highest BCUT2D eigenvalue weighted by Gasteiger charge is 2.36. The van der Waals surface area contributed by atoms with Crippen LogP contribution >= 0.6 is 35.7 Å². The topological polar surface area (TPSA) is 0 Å². The van der Waals surface area contributed by atoms with Crippen LogP contribution in [0.4, 0.5) is 0 Å². The Labute approximate surface area is 121 Å². The van der Waals surface area contributed by atoms with Crippen LogP contribution in [0.2, 0.25) is 0 Å². The van der Waals surface area contributed by atoms with E-state index in [-0.39, 0.29) is 0 Å². The molecule has 0 aromatic rings. The Bertz CT molecular complexity index is 228. The van der Waals surface area contributed by atoms with Gasteiger partial charge in [0.15, 0.2) is 0 Å². The number of thioether (sulfide) groups is 2. The lowest BCUT2D eigenvalue weighted by atomic mass is 9.95. The maximum atomic E-state index is 5.37. The van der Waals surface area contributed by atoms with Crippen molar-refractivity contribution in [3.8, 4) is 0 Å². The molecule has 1 saturated heterocycles. The van der Waals surface area contributed by atoms with Gasteiger partial charge < -0.3 is 0 Å². The number of thiocarbonyl (C=S) groups is 1. The Balaban J connectivity index is 2.34. The molecule has 0 aliphatic carbocycles. The smallest absolute Gasteiger partial charge is 0.104 e. The Kier molecular flexibility index (Phi) is 8.22. The molecule has 0 N–H and O–H groups in total. The maximum absolute atomic E-state index is 5.37. The monoisotopic (exact) mass is 290 g/mol. The van der Waals surface area contributed by atoms with E-state index in [0.717, 1.165) is 0 Å². The summed E-state index contributed by atoms with van der Waals surface area (Å²) < 4.78 is 1.70. The molecule has 1 atom stereocenters. The van der Waals surface area contributed by atoms with Crippen LogP contribution < -0.4 is 0 Å². The molecule has 1 aliphatic rings. The zero-order valence-corrected chi connectivity index (χ0v) is 13.7. The second-order valence-electron chi connectivity index (χ2n) is 5.09. The summed E-state index contributed by atoms with van der Waals surface area (Å²) >= 11 is 9.31. The van der Waals surface area contributed by atoms with Crippen LogP contribution in [-0.2, 0) is 0 Å². The highest BCUT2D eigenvalue weighted by molar-refractivity contribution is 8.49. The summed E-state index contributed by atoms with van der Waals surface area (Å²) in [5, 5.41) is 0. The fourth-order valence-electron chi connectivity index (χ4n) is 2.37. The first-order chi connectivity index (χ1) is 8.22. The van der Waals surface area contributed by atoms with Crippen molar-refractivity contribution in [1.29, 1.82) is 0 Å². The van der Waals surface area contributed by atoms with Gasteiger partial charge in [-0.25, -0.2) is 0 Å². The quantitative estimate of drug-likeness (QED) is 0.375. The van der Waals surface area contributed by atoms with Gasteiger partial charge in [0.25, 0.3) is 0 Å². The van der Waals surface area contributed by atoms with E-state index in [1.807, 2.05) is 23.5 Å². The molecule has 0 bridgehead atoms. The van der Waals surface area contributed by atoms with Gasteiger partial charge in [-0.15, -0.1) is 23.5 Å². The van der Waals surface area contributed by atoms with Crippen molar-refractivity contribution in [2.45, 2.75) is 76.4 Å². The molecule has 1 rings (SSSR count). The molecule has 0 nitrogen and oxygen atoms in total. The molecular weight excluding hydrogens is 264 g/mol. The van der Waals surface area contributed by atoms with Gasteiger partial charge in [-0.2, -0.15) is 0 Å². The molecule has 3 heteroatoms. The van der Waals surface area contributed by atoms with E-state index in [9.17, 15) is 0 Å². The Morgan fingerprint density at radius 3 is 2.12 bits per heavy atom. The van der Waals surface area contributed by atoms with Crippen LogP contribution in [-0.4, -0.2) is 14.0 Å². The third-order valence-electron chi connectivity index (χ3n) is 3.47. The first kappa shape index (κ1) is 15.8. The molecule has 0 saturated carbocycles. The molecule has 1 fully saturated rings. The summed E-state index contributed by atoms with van der Waals surface area (Å²) in [6.07, 6.45) is 12.4. The normalized spacial score (nSPS) is 24.5. The predicted octanol–water partition coefficient (Wildman–Crippen LogP) is 6.04. The lowest BCUT2D eigenvalue weighted by Crippen LogP contribution is -2.24. The van der Waals surface area contributed by atoms with Crippen LogP contribution in [0.1, 0.15) is 71.6 Å². The molecule has 17 heavy (non-hydrogen) atoms. The minimum absolute atomic E-state index is 0.505.